The zero-order chi connectivity index (χ0) is 27.9. The second kappa shape index (κ2) is 11.6. The van der Waals surface area contributed by atoms with Gasteiger partial charge in [-0.2, -0.15) is 5.06 Å². The average molecular weight is 544 g/mol. The fourth-order valence-corrected chi connectivity index (χ4v) is 8.80. The Morgan fingerprint density at radius 2 is 1.85 bits per heavy atom. The van der Waals surface area contributed by atoms with Crippen molar-refractivity contribution in [2.24, 2.45) is 46.7 Å². The molecular formula is C32H53N3O4. The van der Waals surface area contributed by atoms with Crippen molar-refractivity contribution in [3.05, 3.63) is 0 Å². The van der Waals surface area contributed by atoms with E-state index in [2.05, 4.69) is 37.9 Å². The van der Waals surface area contributed by atoms with Gasteiger partial charge < -0.3 is 21.3 Å². The number of fused-ring (bicyclic) bond motifs is 2. The van der Waals surface area contributed by atoms with E-state index in [4.69, 9.17) is 10.6 Å². The molecule has 39 heavy (non-hydrogen) atoms. The molecule has 0 radical (unpaired) electrons. The average Bonchev–Trinajstić information content (AvgIpc) is 3.28. The Morgan fingerprint density at radius 3 is 2.44 bits per heavy atom. The van der Waals surface area contributed by atoms with Crippen molar-refractivity contribution in [2.45, 2.75) is 128 Å². The van der Waals surface area contributed by atoms with Gasteiger partial charge in [-0.25, -0.2) is 0 Å². The molecule has 2 bridgehead atoms. The molecule has 7 heteroatoms. The second-order valence-corrected chi connectivity index (χ2v) is 14.5. The minimum absolute atomic E-state index is 0.0620. The summed E-state index contributed by atoms with van der Waals surface area (Å²) in [6, 6.07) is -0.440. The van der Waals surface area contributed by atoms with Crippen molar-refractivity contribution in [3.8, 4) is 11.8 Å². The summed E-state index contributed by atoms with van der Waals surface area (Å²) in [7, 11) is 0. The number of nitrogens with two attached hydrogens (primary N) is 1. The number of amides is 1. The highest BCUT2D eigenvalue weighted by molar-refractivity contribution is 5.82. The smallest absolute Gasteiger partial charge is 0.240 e. The minimum atomic E-state index is -0.756. The highest BCUT2D eigenvalue weighted by atomic mass is 16.7. The summed E-state index contributed by atoms with van der Waals surface area (Å²) in [5, 5.41) is 25.9. The SMILES string of the molecule is C[C@@H]1[C@@H](NC(=O)[C@@H]2C([C@H](C)O)[C@H](CO)ON2CC2CCC(C#CC3(N)CCCCC3)CC2)C[C@H]2C[C@@H]1C2(C)C. The Kier molecular flexibility index (Phi) is 8.73. The summed E-state index contributed by atoms with van der Waals surface area (Å²) in [5.41, 5.74) is 6.61. The zero-order valence-corrected chi connectivity index (χ0v) is 24.7. The Bertz CT molecular complexity index is 927. The van der Waals surface area contributed by atoms with Crippen LogP contribution in [0.1, 0.15) is 98.3 Å². The Morgan fingerprint density at radius 1 is 1.15 bits per heavy atom. The van der Waals surface area contributed by atoms with Crippen LogP contribution < -0.4 is 11.1 Å². The van der Waals surface area contributed by atoms with Crippen molar-refractivity contribution < 1.29 is 19.8 Å². The molecule has 6 aliphatic rings. The van der Waals surface area contributed by atoms with Crippen LogP contribution >= 0.6 is 0 Å². The van der Waals surface area contributed by atoms with Gasteiger partial charge in [0.1, 0.15) is 12.1 Å². The largest absolute Gasteiger partial charge is 0.394 e. The maximum absolute atomic E-state index is 13.8. The van der Waals surface area contributed by atoms with E-state index in [1.165, 1.54) is 25.7 Å². The Balaban J connectivity index is 1.21. The molecule has 1 saturated heterocycles. The van der Waals surface area contributed by atoms with Crippen LogP contribution in [0.5, 0.6) is 0 Å². The molecule has 1 aliphatic heterocycles. The fourth-order valence-electron chi connectivity index (χ4n) is 8.80. The first-order chi connectivity index (χ1) is 18.5. The van der Waals surface area contributed by atoms with Gasteiger partial charge in [0, 0.05) is 24.4 Å². The molecule has 0 aromatic carbocycles. The summed E-state index contributed by atoms with van der Waals surface area (Å²) in [6.45, 7) is 9.15. The zero-order valence-electron chi connectivity index (χ0n) is 24.7. The number of hydrogen-bond donors (Lipinski definition) is 4. The number of nitrogens with one attached hydrogen (secondary N) is 1. The molecule has 6 rings (SSSR count). The van der Waals surface area contributed by atoms with Gasteiger partial charge in [-0.05, 0) is 87.4 Å². The van der Waals surface area contributed by atoms with Gasteiger partial charge in [0.05, 0.1) is 18.2 Å². The third-order valence-electron chi connectivity index (χ3n) is 11.6. The highest BCUT2D eigenvalue weighted by Crippen LogP contribution is 2.61. The van der Waals surface area contributed by atoms with Crippen LogP contribution in [0.2, 0.25) is 0 Å². The molecule has 0 spiro atoms. The molecular weight excluding hydrogens is 490 g/mol. The molecule has 7 nitrogen and oxygen atoms in total. The van der Waals surface area contributed by atoms with Gasteiger partial charge in [-0.15, -0.1) is 0 Å². The number of carbonyl (C=O) groups excluding carboxylic acids is 1. The third-order valence-corrected chi connectivity index (χ3v) is 11.6. The van der Waals surface area contributed by atoms with Gasteiger partial charge in [-0.1, -0.05) is 51.9 Å². The minimum Gasteiger partial charge on any atom is -0.394 e. The lowest BCUT2D eigenvalue weighted by molar-refractivity contribution is -0.184. The van der Waals surface area contributed by atoms with Crippen molar-refractivity contribution in [1.29, 1.82) is 0 Å². The number of carbonyl (C=O) groups is 1. The Labute approximate surface area is 235 Å². The van der Waals surface area contributed by atoms with Crippen LogP contribution in [0.25, 0.3) is 0 Å². The molecule has 1 heterocycles. The predicted molar refractivity (Wildman–Crippen MR) is 152 cm³/mol. The number of rotatable bonds is 6. The lowest BCUT2D eigenvalue weighted by Gasteiger charge is -2.62. The molecule has 6 fully saturated rings. The van der Waals surface area contributed by atoms with Crippen molar-refractivity contribution >= 4 is 5.91 Å². The van der Waals surface area contributed by atoms with Crippen LogP contribution in [-0.2, 0) is 9.63 Å². The quantitative estimate of drug-likeness (QED) is 0.381. The summed E-state index contributed by atoms with van der Waals surface area (Å²) < 4.78 is 0. The van der Waals surface area contributed by atoms with E-state index in [0.29, 0.717) is 41.5 Å². The van der Waals surface area contributed by atoms with Crippen LogP contribution in [0.15, 0.2) is 0 Å². The molecule has 0 aromatic rings. The first kappa shape index (κ1) is 29.3. The lowest BCUT2D eigenvalue weighted by atomic mass is 9.45. The van der Waals surface area contributed by atoms with E-state index in [9.17, 15) is 15.0 Å². The summed E-state index contributed by atoms with van der Waals surface area (Å²) in [5.74, 6) is 8.96. The number of hydrogen-bond acceptors (Lipinski definition) is 6. The standard InChI is InChI=1S/C32H53N3O4/c1-20-25-16-24(31(25,3)4)17-26(20)34-30(38)29-28(21(2)37)27(19-36)39-35(29)18-23-10-8-22(9-11-23)12-15-32(33)13-6-5-7-14-32/h20-29,36-37H,5-11,13-14,16-19,33H2,1-4H3,(H,34,38)/t20-,21-,22?,23?,24+,25-,26-,27-,28?,29-/m0/s1. The first-order valence-corrected chi connectivity index (χ1v) is 15.9. The van der Waals surface area contributed by atoms with Gasteiger partial charge in [0.15, 0.2) is 0 Å². The van der Waals surface area contributed by atoms with E-state index in [1.54, 1.807) is 12.0 Å². The summed E-state index contributed by atoms with van der Waals surface area (Å²) in [4.78, 5) is 20.0. The number of nitrogens with zero attached hydrogens (tertiary/aromatic N) is 1. The predicted octanol–water partition coefficient (Wildman–Crippen LogP) is 3.62. The molecule has 1 unspecified atom stereocenters. The first-order valence-electron chi connectivity index (χ1n) is 15.9. The molecule has 5 N–H and O–H groups in total. The van der Waals surface area contributed by atoms with E-state index >= 15 is 0 Å². The van der Waals surface area contributed by atoms with Gasteiger partial charge >= 0.3 is 0 Å². The van der Waals surface area contributed by atoms with Crippen LogP contribution in [0.3, 0.4) is 0 Å². The second-order valence-electron chi connectivity index (χ2n) is 14.5. The third kappa shape index (κ3) is 5.93. The van der Waals surface area contributed by atoms with Gasteiger partial charge in [0.2, 0.25) is 5.91 Å². The maximum Gasteiger partial charge on any atom is 0.240 e. The monoisotopic (exact) mass is 543 g/mol. The summed E-state index contributed by atoms with van der Waals surface area (Å²) in [6.07, 6.45) is 10.8. The Hall–Kier alpha value is -1.17. The molecule has 220 valence electrons. The number of aliphatic hydroxyl groups excluding tert-OH is 2. The van der Waals surface area contributed by atoms with Crippen LogP contribution in [0, 0.1) is 52.8 Å². The molecule has 8 atom stereocenters. The lowest BCUT2D eigenvalue weighted by Crippen LogP contribution is -2.62. The number of hydroxylamine groups is 2. The van der Waals surface area contributed by atoms with E-state index in [0.717, 1.165) is 44.9 Å². The van der Waals surface area contributed by atoms with Gasteiger partial charge in [0.25, 0.3) is 0 Å². The molecule has 5 aliphatic carbocycles. The number of aliphatic hydroxyl groups is 2. The van der Waals surface area contributed by atoms with E-state index < -0.39 is 24.2 Å². The van der Waals surface area contributed by atoms with Gasteiger partial charge in [-0.3, -0.25) is 9.63 Å². The molecule has 5 saturated carbocycles. The van der Waals surface area contributed by atoms with Crippen molar-refractivity contribution in [1.82, 2.24) is 10.4 Å². The van der Waals surface area contributed by atoms with Crippen molar-refractivity contribution in [3.63, 3.8) is 0 Å². The molecule has 0 aromatic heterocycles. The van der Waals surface area contributed by atoms with Crippen LogP contribution in [-0.4, -0.2) is 64.2 Å². The normalized spacial score (nSPS) is 42.1. The van der Waals surface area contributed by atoms with Crippen LogP contribution in [0.4, 0.5) is 0 Å². The molecule has 1 amide bonds. The van der Waals surface area contributed by atoms with Crippen molar-refractivity contribution in [2.75, 3.05) is 13.2 Å². The highest BCUT2D eigenvalue weighted by Gasteiger charge is 2.57. The van der Waals surface area contributed by atoms with E-state index in [1.807, 2.05) is 0 Å². The maximum atomic E-state index is 13.8. The van der Waals surface area contributed by atoms with E-state index in [-0.39, 0.29) is 24.1 Å². The fraction of sp³-hybridized carbons (Fsp3) is 0.906. The topological polar surface area (TPSA) is 108 Å². The summed E-state index contributed by atoms with van der Waals surface area (Å²) >= 11 is 0.